The summed E-state index contributed by atoms with van der Waals surface area (Å²) in [7, 11) is 0. The molecule has 94 valence electrons. The van der Waals surface area contributed by atoms with Gasteiger partial charge in [-0.25, -0.2) is 4.98 Å². The minimum Gasteiger partial charge on any atom is -0.406 e. The molecule has 0 unspecified atom stereocenters. The lowest BCUT2D eigenvalue weighted by Gasteiger charge is -2.09. The van der Waals surface area contributed by atoms with Crippen molar-refractivity contribution in [3.05, 3.63) is 48.0 Å². The molecule has 0 aliphatic carbocycles. The van der Waals surface area contributed by atoms with E-state index < -0.39 is 17.9 Å². The Bertz CT molecular complexity index is 550. The van der Waals surface area contributed by atoms with Crippen LogP contribution in [0.25, 0.3) is 0 Å². The van der Waals surface area contributed by atoms with Crippen molar-refractivity contribution >= 4 is 5.78 Å². The summed E-state index contributed by atoms with van der Waals surface area (Å²) in [5, 5.41) is 0. The first kappa shape index (κ1) is 12.2. The number of hydrogen-bond acceptors (Lipinski definition) is 3. The van der Waals surface area contributed by atoms with Crippen molar-refractivity contribution < 1.29 is 22.7 Å². The Morgan fingerprint density at radius 1 is 1.33 bits per heavy atom. The van der Waals surface area contributed by atoms with Crippen molar-refractivity contribution in [2.24, 2.45) is 0 Å². The van der Waals surface area contributed by atoms with Gasteiger partial charge in [0.2, 0.25) is 5.78 Å². The number of ketones is 1. The van der Waals surface area contributed by atoms with Crippen molar-refractivity contribution in [1.29, 1.82) is 0 Å². The van der Waals surface area contributed by atoms with Gasteiger partial charge in [-0.2, -0.15) is 0 Å². The van der Waals surface area contributed by atoms with E-state index in [1.807, 2.05) is 0 Å². The Balaban J connectivity index is 2.25. The molecule has 7 heteroatoms. The predicted molar refractivity (Wildman–Crippen MR) is 55.1 cm³/mol. The van der Waals surface area contributed by atoms with E-state index in [2.05, 4.69) is 14.7 Å². The van der Waals surface area contributed by atoms with E-state index in [1.54, 1.807) is 0 Å². The number of carbonyl (C=O) groups excluding carboxylic acids is 1. The molecular weight excluding hydrogens is 249 g/mol. The van der Waals surface area contributed by atoms with Crippen LogP contribution in [0, 0.1) is 0 Å². The molecule has 0 atom stereocenters. The lowest BCUT2D eigenvalue weighted by molar-refractivity contribution is -0.274. The van der Waals surface area contributed by atoms with Crippen LogP contribution in [0.2, 0.25) is 0 Å². The highest BCUT2D eigenvalue weighted by Crippen LogP contribution is 2.23. The van der Waals surface area contributed by atoms with Crippen LogP contribution in [-0.4, -0.2) is 22.1 Å². The SMILES string of the molecule is O=C(c1cccc(OC(F)(F)F)c1)c1ncc[nH]1. The number of imidazole rings is 1. The number of aromatic amines is 1. The largest absolute Gasteiger partial charge is 0.573 e. The number of benzene rings is 1. The highest BCUT2D eigenvalue weighted by atomic mass is 19.4. The topological polar surface area (TPSA) is 55.0 Å². The lowest BCUT2D eigenvalue weighted by atomic mass is 10.1. The normalized spacial score (nSPS) is 11.3. The molecule has 2 rings (SSSR count). The summed E-state index contributed by atoms with van der Waals surface area (Å²) in [5.41, 5.74) is 0.0618. The zero-order valence-electron chi connectivity index (χ0n) is 8.86. The predicted octanol–water partition coefficient (Wildman–Crippen LogP) is 2.54. The third-order valence-corrected chi connectivity index (χ3v) is 2.04. The van der Waals surface area contributed by atoms with E-state index in [0.29, 0.717) is 0 Å². The molecule has 2 aromatic rings. The average molecular weight is 256 g/mol. The fourth-order valence-electron chi connectivity index (χ4n) is 1.36. The van der Waals surface area contributed by atoms with E-state index in [0.717, 1.165) is 12.1 Å². The van der Waals surface area contributed by atoms with E-state index in [9.17, 15) is 18.0 Å². The van der Waals surface area contributed by atoms with Gasteiger partial charge in [-0.05, 0) is 12.1 Å². The molecule has 1 heterocycles. The van der Waals surface area contributed by atoms with Crippen LogP contribution in [0.4, 0.5) is 13.2 Å². The van der Waals surface area contributed by atoms with Crippen LogP contribution >= 0.6 is 0 Å². The molecule has 0 saturated heterocycles. The van der Waals surface area contributed by atoms with Crippen LogP contribution in [0.3, 0.4) is 0 Å². The number of carbonyl (C=O) groups is 1. The van der Waals surface area contributed by atoms with Gasteiger partial charge in [0.05, 0.1) is 0 Å². The second-order valence-corrected chi connectivity index (χ2v) is 3.34. The van der Waals surface area contributed by atoms with Crippen LogP contribution in [0.1, 0.15) is 16.2 Å². The first-order valence-corrected chi connectivity index (χ1v) is 4.85. The first-order valence-electron chi connectivity index (χ1n) is 4.85. The summed E-state index contributed by atoms with van der Waals surface area (Å²) >= 11 is 0. The lowest BCUT2D eigenvalue weighted by Crippen LogP contribution is -2.17. The maximum Gasteiger partial charge on any atom is 0.573 e. The maximum atomic E-state index is 12.0. The van der Waals surface area contributed by atoms with Crippen LogP contribution in [0.5, 0.6) is 5.75 Å². The number of halogens is 3. The van der Waals surface area contributed by atoms with Crippen LogP contribution in [-0.2, 0) is 0 Å². The molecule has 0 aliphatic heterocycles. The van der Waals surface area contributed by atoms with E-state index in [4.69, 9.17) is 0 Å². The van der Waals surface area contributed by atoms with Gasteiger partial charge in [0, 0.05) is 18.0 Å². The van der Waals surface area contributed by atoms with Gasteiger partial charge >= 0.3 is 6.36 Å². The van der Waals surface area contributed by atoms with E-state index in [-0.39, 0.29) is 11.4 Å². The van der Waals surface area contributed by atoms with Gasteiger partial charge in [0.25, 0.3) is 0 Å². The third-order valence-electron chi connectivity index (χ3n) is 2.04. The van der Waals surface area contributed by atoms with Crippen molar-refractivity contribution in [3.63, 3.8) is 0 Å². The highest BCUT2D eigenvalue weighted by molar-refractivity contribution is 6.06. The van der Waals surface area contributed by atoms with Crippen molar-refractivity contribution in [3.8, 4) is 5.75 Å². The van der Waals surface area contributed by atoms with Crippen molar-refractivity contribution in [2.75, 3.05) is 0 Å². The number of nitrogens with one attached hydrogen (secondary N) is 1. The number of ether oxygens (including phenoxy) is 1. The number of alkyl halides is 3. The van der Waals surface area contributed by atoms with Crippen LogP contribution < -0.4 is 4.74 Å². The molecule has 1 N–H and O–H groups in total. The number of rotatable bonds is 3. The summed E-state index contributed by atoms with van der Waals surface area (Å²) in [5.74, 6) is -0.897. The number of hydrogen-bond donors (Lipinski definition) is 1. The zero-order chi connectivity index (χ0) is 13.2. The summed E-state index contributed by atoms with van der Waals surface area (Å²) in [4.78, 5) is 18.1. The minimum atomic E-state index is -4.79. The molecule has 0 fully saturated rings. The average Bonchev–Trinajstić information content (AvgIpc) is 2.79. The van der Waals surface area contributed by atoms with E-state index >= 15 is 0 Å². The summed E-state index contributed by atoms with van der Waals surface area (Å²) in [6.45, 7) is 0. The molecule has 0 aliphatic rings. The fourth-order valence-corrected chi connectivity index (χ4v) is 1.36. The van der Waals surface area contributed by atoms with Crippen LogP contribution in [0.15, 0.2) is 36.7 Å². The number of aromatic nitrogens is 2. The molecule has 0 radical (unpaired) electrons. The van der Waals surface area contributed by atoms with Gasteiger partial charge < -0.3 is 9.72 Å². The smallest absolute Gasteiger partial charge is 0.406 e. The van der Waals surface area contributed by atoms with E-state index in [1.165, 1.54) is 24.5 Å². The molecular formula is C11H7F3N2O2. The van der Waals surface area contributed by atoms with Gasteiger partial charge in [0.15, 0.2) is 5.82 Å². The van der Waals surface area contributed by atoms with Crippen molar-refractivity contribution in [1.82, 2.24) is 9.97 Å². The Morgan fingerprint density at radius 2 is 2.11 bits per heavy atom. The summed E-state index contributed by atoms with van der Waals surface area (Å²) in [6.07, 6.45) is -1.96. The zero-order valence-corrected chi connectivity index (χ0v) is 8.86. The van der Waals surface area contributed by atoms with Crippen molar-refractivity contribution in [2.45, 2.75) is 6.36 Å². The molecule has 18 heavy (non-hydrogen) atoms. The Hall–Kier alpha value is -2.31. The maximum absolute atomic E-state index is 12.0. The van der Waals surface area contributed by atoms with Gasteiger partial charge in [-0.1, -0.05) is 12.1 Å². The third kappa shape index (κ3) is 2.88. The number of H-pyrrole nitrogens is 1. The molecule has 0 saturated carbocycles. The fraction of sp³-hybridized carbons (Fsp3) is 0.0909. The molecule has 1 aromatic heterocycles. The Morgan fingerprint density at radius 3 is 2.72 bits per heavy atom. The Kier molecular flexibility index (Phi) is 3.05. The molecule has 0 spiro atoms. The van der Waals surface area contributed by atoms with Gasteiger partial charge in [0.1, 0.15) is 5.75 Å². The molecule has 0 bridgehead atoms. The summed E-state index contributed by atoms with van der Waals surface area (Å²) < 4.78 is 39.8. The summed E-state index contributed by atoms with van der Waals surface area (Å²) in [6, 6.07) is 4.82. The molecule has 0 amide bonds. The quantitative estimate of drug-likeness (QED) is 0.858. The minimum absolute atomic E-state index is 0.0548. The monoisotopic (exact) mass is 256 g/mol. The van der Waals surface area contributed by atoms with Gasteiger partial charge in [-0.3, -0.25) is 4.79 Å². The Labute approximate surface area is 99.4 Å². The second-order valence-electron chi connectivity index (χ2n) is 3.34. The molecule has 4 nitrogen and oxygen atoms in total. The standard InChI is InChI=1S/C11H7F3N2O2/c12-11(13,14)18-8-3-1-2-7(6-8)9(17)10-15-4-5-16-10/h1-6H,(H,15,16). The second kappa shape index (κ2) is 4.52. The first-order chi connectivity index (χ1) is 8.46. The number of nitrogens with zero attached hydrogens (tertiary/aromatic N) is 1. The van der Waals surface area contributed by atoms with Gasteiger partial charge in [-0.15, -0.1) is 13.2 Å². The highest BCUT2D eigenvalue weighted by Gasteiger charge is 2.31. The molecule has 1 aromatic carbocycles.